The molecule has 1 aromatic heterocycles. The maximum atomic E-state index is 12.3. The normalized spacial score (nSPS) is 10.5. The summed E-state index contributed by atoms with van der Waals surface area (Å²) < 4.78 is 0. The minimum absolute atomic E-state index is 0.294. The second-order valence-corrected chi connectivity index (χ2v) is 6.16. The number of benzene rings is 1. The zero-order valence-corrected chi connectivity index (χ0v) is 15.2. The Balaban J connectivity index is 2.08. The summed E-state index contributed by atoms with van der Waals surface area (Å²) in [7, 11) is 0. The van der Waals surface area contributed by atoms with Crippen LogP contribution < -0.4 is 10.2 Å². The predicted molar refractivity (Wildman–Crippen MR) is 99.2 cm³/mol. The number of hydrogen-bond acceptors (Lipinski definition) is 4. The largest absolute Gasteiger partial charge is 0.341 e. The molecule has 1 N–H and O–H groups in total. The van der Waals surface area contributed by atoms with Crippen LogP contribution in [0.2, 0.25) is 10.0 Å². The van der Waals surface area contributed by atoms with Gasteiger partial charge in [0.15, 0.2) is 0 Å². The molecule has 0 aliphatic heterocycles. The Bertz CT molecular complexity index is 685. The van der Waals surface area contributed by atoms with Crippen LogP contribution in [0.1, 0.15) is 37.0 Å². The lowest BCUT2D eigenvalue weighted by molar-refractivity contribution is 0.102. The fourth-order valence-electron chi connectivity index (χ4n) is 2.23. The number of carbonyl (C=O) groups is 1. The molecule has 5 nitrogen and oxygen atoms in total. The first-order valence-corrected chi connectivity index (χ1v) is 8.64. The molecule has 1 amide bonds. The maximum Gasteiger partial charge on any atom is 0.258 e. The Morgan fingerprint density at radius 2 is 1.71 bits per heavy atom. The molecule has 2 rings (SSSR count). The van der Waals surface area contributed by atoms with Gasteiger partial charge in [0.05, 0.1) is 15.6 Å². The van der Waals surface area contributed by atoms with Gasteiger partial charge in [-0.05, 0) is 31.0 Å². The summed E-state index contributed by atoms with van der Waals surface area (Å²) in [5.74, 6) is 0.349. The van der Waals surface area contributed by atoms with Crippen LogP contribution in [-0.2, 0) is 0 Å². The second-order valence-electron chi connectivity index (χ2n) is 5.34. The SMILES string of the molecule is CCCN(CCC)c1ncc(C(=O)Nc2ccc(Cl)c(Cl)c2)cn1. The van der Waals surface area contributed by atoms with Crippen molar-refractivity contribution in [1.82, 2.24) is 9.97 Å². The van der Waals surface area contributed by atoms with Crippen LogP contribution in [0.15, 0.2) is 30.6 Å². The van der Waals surface area contributed by atoms with Gasteiger partial charge in [0.25, 0.3) is 5.91 Å². The molecule has 0 saturated carbocycles. The quantitative estimate of drug-likeness (QED) is 0.773. The standard InChI is InChI=1S/C17H20Cl2N4O/c1-3-7-23(8-4-2)17-20-10-12(11-21-17)16(24)22-13-5-6-14(18)15(19)9-13/h5-6,9-11H,3-4,7-8H2,1-2H3,(H,22,24). The number of amides is 1. The van der Waals surface area contributed by atoms with Crippen LogP contribution in [0, 0.1) is 0 Å². The van der Waals surface area contributed by atoms with Gasteiger partial charge < -0.3 is 10.2 Å². The highest BCUT2D eigenvalue weighted by Crippen LogP contribution is 2.25. The van der Waals surface area contributed by atoms with Crippen molar-refractivity contribution in [3.63, 3.8) is 0 Å². The zero-order chi connectivity index (χ0) is 17.5. The van der Waals surface area contributed by atoms with Gasteiger partial charge in [-0.25, -0.2) is 9.97 Å². The first-order valence-electron chi connectivity index (χ1n) is 7.88. The van der Waals surface area contributed by atoms with E-state index in [1.54, 1.807) is 18.2 Å². The monoisotopic (exact) mass is 366 g/mol. The highest BCUT2D eigenvalue weighted by molar-refractivity contribution is 6.42. The number of nitrogens with one attached hydrogen (secondary N) is 1. The van der Waals surface area contributed by atoms with Crippen molar-refractivity contribution in [1.29, 1.82) is 0 Å². The topological polar surface area (TPSA) is 58.1 Å². The van der Waals surface area contributed by atoms with Gasteiger partial charge >= 0.3 is 0 Å². The average molecular weight is 367 g/mol. The van der Waals surface area contributed by atoms with Gasteiger partial charge in [0.1, 0.15) is 0 Å². The van der Waals surface area contributed by atoms with Gasteiger partial charge in [0, 0.05) is 31.2 Å². The molecular weight excluding hydrogens is 347 g/mol. The Morgan fingerprint density at radius 3 is 2.25 bits per heavy atom. The molecular formula is C17H20Cl2N4O. The Labute approximate surface area is 152 Å². The van der Waals surface area contributed by atoms with Gasteiger partial charge in [-0.2, -0.15) is 0 Å². The van der Waals surface area contributed by atoms with Crippen LogP contribution in [0.25, 0.3) is 0 Å². The van der Waals surface area contributed by atoms with E-state index in [2.05, 4.69) is 34.0 Å². The Hall–Kier alpha value is -1.85. The number of anilines is 2. The summed E-state index contributed by atoms with van der Waals surface area (Å²) in [4.78, 5) is 23.0. The van der Waals surface area contributed by atoms with Crippen LogP contribution in [0.5, 0.6) is 0 Å². The molecule has 0 aliphatic carbocycles. The summed E-state index contributed by atoms with van der Waals surface area (Å²) >= 11 is 11.8. The van der Waals surface area contributed by atoms with Gasteiger partial charge in [-0.15, -0.1) is 0 Å². The van der Waals surface area contributed by atoms with Crippen molar-refractivity contribution in [3.8, 4) is 0 Å². The summed E-state index contributed by atoms with van der Waals surface area (Å²) in [5, 5.41) is 3.57. The van der Waals surface area contributed by atoms with Crippen molar-refractivity contribution in [2.45, 2.75) is 26.7 Å². The van der Waals surface area contributed by atoms with Crippen molar-refractivity contribution in [2.75, 3.05) is 23.3 Å². The summed E-state index contributed by atoms with van der Waals surface area (Å²) in [5.41, 5.74) is 0.954. The van der Waals surface area contributed by atoms with Gasteiger partial charge in [0.2, 0.25) is 5.95 Å². The molecule has 0 saturated heterocycles. The molecule has 0 atom stereocenters. The molecule has 0 spiro atoms. The highest BCUT2D eigenvalue weighted by atomic mass is 35.5. The van der Waals surface area contributed by atoms with E-state index in [4.69, 9.17) is 23.2 Å². The molecule has 2 aromatic rings. The smallest absolute Gasteiger partial charge is 0.258 e. The predicted octanol–water partition coefficient (Wildman–Crippen LogP) is 4.66. The number of nitrogens with zero attached hydrogens (tertiary/aromatic N) is 3. The van der Waals surface area contributed by atoms with E-state index in [-0.39, 0.29) is 5.91 Å². The van der Waals surface area contributed by atoms with Crippen LogP contribution in [0.4, 0.5) is 11.6 Å². The molecule has 1 heterocycles. The van der Waals surface area contributed by atoms with Crippen molar-refractivity contribution in [2.24, 2.45) is 0 Å². The number of carbonyl (C=O) groups excluding carboxylic acids is 1. The van der Waals surface area contributed by atoms with E-state index in [0.29, 0.717) is 27.2 Å². The summed E-state index contributed by atoms with van der Waals surface area (Å²) in [6, 6.07) is 4.92. The highest BCUT2D eigenvalue weighted by Gasteiger charge is 2.11. The minimum Gasteiger partial charge on any atom is -0.341 e. The second kappa shape index (κ2) is 8.85. The van der Waals surface area contributed by atoms with E-state index in [9.17, 15) is 4.79 Å². The zero-order valence-electron chi connectivity index (χ0n) is 13.7. The molecule has 0 bridgehead atoms. The molecule has 0 aliphatic rings. The fraction of sp³-hybridized carbons (Fsp3) is 0.353. The lowest BCUT2D eigenvalue weighted by atomic mass is 10.2. The lowest BCUT2D eigenvalue weighted by Crippen LogP contribution is -2.27. The Morgan fingerprint density at radius 1 is 1.08 bits per heavy atom. The van der Waals surface area contributed by atoms with Crippen molar-refractivity contribution < 1.29 is 4.79 Å². The third kappa shape index (κ3) is 4.82. The van der Waals surface area contributed by atoms with Gasteiger partial charge in [-0.1, -0.05) is 37.0 Å². The van der Waals surface area contributed by atoms with Crippen molar-refractivity contribution in [3.05, 3.63) is 46.2 Å². The minimum atomic E-state index is -0.294. The molecule has 24 heavy (non-hydrogen) atoms. The summed E-state index contributed by atoms with van der Waals surface area (Å²) in [6.07, 6.45) is 5.10. The number of halogens is 2. The molecule has 7 heteroatoms. The van der Waals surface area contributed by atoms with E-state index in [1.165, 1.54) is 12.4 Å². The fourth-order valence-corrected chi connectivity index (χ4v) is 2.53. The number of rotatable bonds is 7. The van der Waals surface area contributed by atoms with E-state index >= 15 is 0 Å². The first-order chi connectivity index (χ1) is 11.5. The van der Waals surface area contributed by atoms with Crippen LogP contribution in [0.3, 0.4) is 0 Å². The molecule has 0 fully saturated rings. The van der Waals surface area contributed by atoms with E-state index in [0.717, 1.165) is 25.9 Å². The first kappa shape index (κ1) is 18.5. The Kier molecular flexibility index (Phi) is 6.82. The van der Waals surface area contributed by atoms with E-state index in [1.807, 2.05) is 0 Å². The van der Waals surface area contributed by atoms with E-state index < -0.39 is 0 Å². The lowest BCUT2D eigenvalue weighted by Gasteiger charge is -2.21. The number of aromatic nitrogens is 2. The van der Waals surface area contributed by atoms with Crippen molar-refractivity contribution >= 4 is 40.7 Å². The molecule has 0 unspecified atom stereocenters. The molecule has 1 aromatic carbocycles. The third-order valence-electron chi connectivity index (χ3n) is 3.35. The third-order valence-corrected chi connectivity index (χ3v) is 4.09. The molecule has 128 valence electrons. The van der Waals surface area contributed by atoms with Gasteiger partial charge in [-0.3, -0.25) is 4.79 Å². The molecule has 0 radical (unpaired) electrons. The summed E-state index contributed by atoms with van der Waals surface area (Å²) in [6.45, 7) is 6.01. The number of hydrogen-bond donors (Lipinski definition) is 1. The van der Waals surface area contributed by atoms with Crippen LogP contribution >= 0.6 is 23.2 Å². The maximum absolute atomic E-state index is 12.3. The van der Waals surface area contributed by atoms with Crippen LogP contribution in [-0.4, -0.2) is 29.0 Å². The average Bonchev–Trinajstić information content (AvgIpc) is 2.58.